The summed E-state index contributed by atoms with van der Waals surface area (Å²) in [6.45, 7) is 5.25. The Kier molecular flexibility index (Phi) is 4.96. The number of hydrogen-bond acceptors (Lipinski definition) is 6. The molecule has 4 aromatic rings. The third-order valence-corrected chi connectivity index (χ3v) is 6.73. The Bertz CT molecular complexity index is 1250. The summed E-state index contributed by atoms with van der Waals surface area (Å²) in [5.74, 6) is -0.275. The second kappa shape index (κ2) is 8.11. The van der Waals surface area contributed by atoms with Crippen LogP contribution in [0.25, 0.3) is 33.2 Å². The predicted octanol–water partition coefficient (Wildman–Crippen LogP) is 3.61. The van der Waals surface area contributed by atoms with E-state index in [1.165, 1.54) is 6.20 Å². The van der Waals surface area contributed by atoms with E-state index in [4.69, 9.17) is 4.74 Å². The first kappa shape index (κ1) is 19.6. The Labute approximate surface area is 185 Å². The molecule has 0 spiro atoms. The van der Waals surface area contributed by atoms with Crippen LogP contribution in [0.3, 0.4) is 0 Å². The Morgan fingerprint density at radius 1 is 1.03 bits per heavy atom. The predicted molar refractivity (Wildman–Crippen MR) is 122 cm³/mol. The minimum absolute atomic E-state index is 0.275. The van der Waals surface area contributed by atoms with Crippen LogP contribution in [0.15, 0.2) is 43.0 Å². The monoisotopic (exact) mass is 432 g/mol. The van der Waals surface area contributed by atoms with Gasteiger partial charge < -0.3 is 14.6 Å². The van der Waals surface area contributed by atoms with Crippen molar-refractivity contribution in [3.8, 4) is 11.3 Å². The molecule has 2 aliphatic rings. The maximum Gasteiger partial charge on any atom is 0.165 e. The van der Waals surface area contributed by atoms with E-state index in [1.807, 2.05) is 18.2 Å². The number of fused-ring (bicyclic) bond motifs is 3. The summed E-state index contributed by atoms with van der Waals surface area (Å²) >= 11 is 0. The van der Waals surface area contributed by atoms with E-state index >= 15 is 4.39 Å². The molecule has 6 heterocycles. The zero-order valence-electron chi connectivity index (χ0n) is 17.8. The van der Waals surface area contributed by atoms with Crippen LogP contribution < -0.4 is 4.90 Å². The number of piperidine rings is 1. The van der Waals surface area contributed by atoms with Crippen molar-refractivity contribution in [2.45, 2.75) is 18.9 Å². The van der Waals surface area contributed by atoms with Gasteiger partial charge in [-0.1, -0.05) is 0 Å². The van der Waals surface area contributed by atoms with Crippen LogP contribution in [0.1, 0.15) is 12.8 Å². The van der Waals surface area contributed by atoms with Gasteiger partial charge in [0.1, 0.15) is 5.65 Å². The van der Waals surface area contributed by atoms with Gasteiger partial charge in [-0.3, -0.25) is 14.9 Å². The van der Waals surface area contributed by atoms with E-state index in [9.17, 15) is 0 Å². The SMILES string of the molecule is Fc1cnc2[nH]c3cnc(-c4cccnc4)cc3c2c1N1CCC(N2CCOCC2)CC1. The molecule has 0 radical (unpaired) electrons. The number of nitrogens with zero attached hydrogens (tertiary/aromatic N) is 5. The molecule has 7 nitrogen and oxygen atoms in total. The second-order valence-corrected chi connectivity index (χ2v) is 8.53. The van der Waals surface area contributed by atoms with Crippen LogP contribution in [-0.4, -0.2) is 70.3 Å². The lowest BCUT2D eigenvalue weighted by Gasteiger charge is -2.41. The van der Waals surface area contributed by atoms with Gasteiger partial charge in [-0.2, -0.15) is 0 Å². The highest BCUT2D eigenvalue weighted by Crippen LogP contribution is 2.37. The molecule has 0 bridgehead atoms. The van der Waals surface area contributed by atoms with E-state index in [0.717, 1.165) is 79.8 Å². The molecular weight excluding hydrogens is 407 g/mol. The molecule has 0 unspecified atom stereocenters. The van der Waals surface area contributed by atoms with Gasteiger partial charge in [-0.15, -0.1) is 0 Å². The highest BCUT2D eigenvalue weighted by atomic mass is 19.1. The first-order chi connectivity index (χ1) is 15.8. The van der Waals surface area contributed by atoms with Crippen molar-refractivity contribution in [1.82, 2.24) is 24.8 Å². The normalized spacial score (nSPS) is 18.6. The lowest BCUT2D eigenvalue weighted by Crippen LogP contribution is -2.49. The summed E-state index contributed by atoms with van der Waals surface area (Å²) < 4.78 is 20.7. The standard InChI is InChI=1S/C24H25FN6O/c25-19-14-28-24-22(18-12-20(27-15-21(18)29-24)16-2-1-5-26-13-16)23(19)31-6-3-17(4-7-31)30-8-10-32-11-9-30/h1-2,5,12-15,17H,3-4,6-11H2,(H,28,29). The van der Waals surface area contributed by atoms with Crippen molar-refractivity contribution in [2.75, 3.05) is 44.3 Å². The molecule has 2 aliphatic heterocycles. The largest absolute Gasteiger partial charge is 0.379 e. The van der Waals surface area contributed by atoms with E-state index in [0.29, 0.717) is 17.4 Å². The van der Waals surface area contributed by atoms with Crippen molar-refractivity contribution >= 4 is 27.6 Å². The third-order valence-electron chi connectivity index (χ3n) is 6.73. The number of rotatable bonds is 3. The van der Waals surface area contributed by atoms with Gasteiger partial charge in [-0.05, 0) is 31.0 Å². The Balaban J connectivity index is 1.38. The zero-order valence-corrected chi connectivity index (χ0v) is 17.8. The molecule has 1 N–H and O–H groups in total. The number of H-pyrrole nitrogens is 1. The lowest BCUT2D eigenvalue weighted by molar-refractivity contribution is 0.0115. The van der Waals surface area contributed by atoms with Crippen LogP contribution >= 0.6 is 0 Å². The summed E-state index contributed by atoms with van der Waals surface area (Å²) in [6.07, 6.45) is 8.70. The fraction of sp³-hybridized carbons (Fsp3) is 0.375. The van der Waals surface area contributed by atoms with Gasteiger partial charge in [0.15, 0.2) is 5.82 Å². The van der Waals surface area contributed by atoms with Gasteiger partial charge in [0, 0.05) is 55.6 Å². The summed E-state index contributed by atoms with van der Waals surface area (Å²) in [6, 6.07) is 6.42. The zero-order chi connectivity index (χ0) is 21.5. The Hall–Kier alpha value is -3.10. The lowest BCUT2D eigenvalue weighted by atomic mass is 10.0. The number of ether oxygens (including phenoxy) is 1. The third kappa shape index (κ3) is 3.40. The number of nitrogens with one attached hydrogen (secondary N) is 1. The first-order valence-corrected chi connectivity index (χ1v) is 11.2. The van der Waals surface area contributed by atoms with E-state index in [2.05, 4.69) is 29.7 Å². The maximum absolute atomic E-state index is 15.2. The summed E-state index contributed by atoms with van der Waals surface area (Å²) in [5.41, 5.74) is 3.94. The minimum atomic E-state index is -0.275. The van der Waals surface area contributed by atoms with Crippen LogP contribution in [0.5, 0.6) is 0 Å². The van der Waals surface area contributed by atoms with Gasteiger partial charge in [0.2, 0.25) is 0 Å². The van der Waals surface area contributed by atoms with Crippen molar-refractivity contribution in [3.63, 3.8) is 0 Å². The molecular formula is C24H25FN6O. The molecule has 8 heteroatoms. The van der Waals surface area contributed by atoms with Gasteiger partial charge >= 0.3 is 0 Å². The van der Waals surface area contributed by atoms with Crippen molar-refractivity contribution < 1.29 is 9.13 Å². The first-order valence-electron chi connectivity index (χ1n) is 11.2. The van der Waals surface area contributed by atoms with E-state index in [-0.39, 0.29) is 5.82 Å². The Morgan fingerprint density at radius 3 is 2.66 bits per heavy atom. The fourth-order valence-electron chi connectivity index (χ4n) is 5.10. The van der Waals surface area contributed by atoms with E-state index < -0.39 is 0 Å². The number of aromatic amines is 1. The van der Waals surface area contributed by atoms with Crippen LogP contribution in [0.4, 0.5) is 10.1 Å². The summed E-state index contributed by atoms with van der Waals surface area (Å²) in [7, 11) is 0. The average molecular weight is 433 g/mol. The number of anilines is 1. The molecule has 0 atom stereocenters. The summed E-state index contributed by atoms with van der Waals surface area (Å²) in [5, 5.41) is 1.77. The quantitative estimate of drug-likeness (QED) is 0.533. The number of halogens is 1. The van der Waals surface area contributed by atoms with Crippen molar-refractivity contribution in [2.24, 2.45) is 0 Å². The number of aromatic nitrogens is 4. The topological polar surface area (TPSA) is 70.2 Å². The molecule has 0 amide bonds. The number of pyridine rings is 3. The van der Waals surface area contributed by atoms with Gasteiger partial charge in [0.05, 0.1) is 47.9 Å². The minimum Gasteiger partial charge on any atom is -0.379 e. The molecule has 0 aromatic carbocycles. The highest BCUT2D eigenvalue weighted by molar-refractivity contribution is 6.12. The number of hydrogen-bond donors (Lipinski definition) is 1. The van der Waals surface area contributed by atoms with Crippen LogP contribution in [-0.2, 0) is 4.74 Å². The van der Waals surface area contributed by atoms with Gasteiger partial charge in [0.25, 0.3) is 0 Å². The highest BCUT2D eigenvalue weighted by Gasteiger charge is 2.28. The molecule has 164 valence electrons. The number of morpholine rings is 1. The second-order valence-electron chi connectivity index (χ2n) is 8.53. The average Bonchev–Trinajstić information content (AvgIpc) is 3.23. The van der Waals surface area contributed by atoms with E-state index in [1.54, 1.807) is 18.6 Å². The molecule has 6 rings (SSSR count). The summed E-state index contributed by atoms with van der Waals surface area (Å²) in [4.78, 5) is 21.2. The maximum atomic E-state index is 15.2. The Morgan fingerprint density at radius 2 is 1.88 bits per heavy atom. The van der Waals surface area contributed by atoms with Crippen LogP contribution in [0.2, 0.25) is 0 Å². The van der Waals surface area contributed by atoms with Crippen molar-refractivity contribution in [3.05, 3.63) is 48.8 Å². The van der Waals surface area contributed by atoms with Crippen molar-refractivity contribution in [1.29, 1.82) is 0 Å². The molecule has 0 saturated carbocycles. The molecule has 2 saturated heterocycles. The molecule has 4 aromatic heterocycles. The van der Waals surface area contributed by atoms with Crippen LogP contribution in [0, 0.1) is 5.82 Å². The fourth-order valence-corrected chi connectivity index (χ4v) is 5.10. The molecule has 2 fully saturated rings. The molecule has 0 aliphatic carbocycles. The molecule has 32 heavy (non-hydrogen) atoms. The smallest absolute Gasteiger partial charge is 0.165 e. The van der Waals surface area contributed by atoms with Gasteiger partial charge in [-0.25, -0.2) is 9.37 Å².